The smallest absolute Gasteiger partial charge is 0.409 e. The van der Waals surface area contributed by atoms with Crippen molar-refractivity contribution in [3.63, 3.8) is 0 Å². The molecule has 1 aliphatic heterocycles. The van der Waals surface area contributed by atoms with E-state index in [1.807, 2.05) is 0 Å². The number of furan rings is 1. The molecule has 6 heteroatoms. The minimum Gasteiger partial charge on any atom is -0.465 e. The van der Waals surface area contributed by atoms with Crippen molar-refractivity contribution in [3.05, 3.63) is 30.2 Å². The van der Waals surface area contributed by atoms with E-state index in [1.165, 1.54) is 6.08 Å². The van der Waals surface area contributed by atoms with Gasteiger partial charge in [0.05, 0.1) is 12.9 Å². The van der Waals surface area contributed by atoms with Crippen molar-refractivity contribution in [1.29, 1.82) is 0 Å². The summed E-state index contributed by atoms with van der Waals surface area (Å²) in [4.78, 5) is 25.0. The van der Waals surface area contributed by atoms with Gasteiger partial charge in [0.2, 0.25) is 5.91 Å². The lowest BCUT2D eigenvalue weighted by Crippen LogP contribution is -2.46. The fraction of sp³-hybridized carbons (Fsp3) is 0.467. The topological polar surface area (TPSA) is 71.8 Å². The van der Waals surface area contributed by atoms with Crippen molar-refractivity contribution in [2.45, 2.75) is 25.8 Å². The molecular formula is C15H20N2O4. The first-order valence-electron chi connectivity index (χ1n) is 7.13. The van der Waals surface area contributed by atoms with Gasteiger partial charge >= 0.3 is 6.09 Å². The van der Waals surface area contributed by atoms with Gasteiger partial charge in [-0.05, 0) is 38.0 Å². The van der Waals surface area contributed by atoms with E-state index in [2.05, 4.69) is 5.32 Å². The summed E-state index contributed by atoms with van der Waals surface area (Å²) >= 11 is 0. The maximum atomic E-state index is 11.8. The Morgan fingerprint density at radius 3 is 2.86 bits per heavy atom. The van der Waals surface area contributed by atoms with Crippen LogP contribution < -0.4 is 5.32 Å². The molecule has 2 amide bonds. The van der Waals surface area contributed by atoms with Crippen LogP contribution in [0.3, 0.4) is 0 Å². The van der Waals surface area contributed by atoms with Crippen LogP contribution in [-0.2, 0) is 9.53 Å². The summed E-state index contributed by atoms with van der Waals surface area (Å²) in [5, 5.41) is 2.93. The van der Waals surface area contributed by atoms with Gasteiger partial charge in [0.25, 0.3) is 0 Å². The number of carbonyl (C=O) groups excluding carboxylic acids is 2. The molecule has 0 unspecified atom stereocenters. The zero-order chi connectivity index (χ0) is 15.1. The van der Waals surface area contributed by atoms with Crippen LogP contribution in [0.4, 0.5) is 4.79 Å². The number of likely N-dealkylation sites (tertiary alicyclic amines) is 1. The van der Waals surface area contributed by atoms with Gasteiger partial charge in [0.15, 0.2) is 0 Å². The van der Waals surface area contributed by atoms with Gasteiger partial charge in [-0.1, -0.05) is 0 Å². The number of nitrogens with zero attached hydrogens (tertiary/aromatic N) is 1. The van der Waals surface area contributed by atoms with Crippen LogP contribution in [-0.4, -0.2) is 42.6 Å². The number of ether oxygens (including phenoxy) is 1. The lowest BCUT2D eigenvalue weighted by atomic mass is 10.1. The molecule has 2 rings (SSSR count). The number of carbonyl (C=O) groups is 2. The molecule has 1 fully saturated rings. The maximum absolute atomic E-state index is 11.8. The second-order valence-corrected chi connectivity index (χ2v) is 4.82. The molecule has 1 aliphatic rings. The summed E-state index contributed by atoms with van der Waals surface area (Å²) in [6.07, 6.45) is 5.83. The van der Waals surface area contributed by atoms with E-state index in [1.54, 1.807) is 36.3 Å². The molecular weight excluding hydrogens is 272 g/mol. The lowest BCUT2D eigenvalue weighted by molar-refractivity contribution is -0.117. The third kappa shape index (κ3) is 4.66. The molecule has 0 atom stereocenters. The zero-order valence-electron chi connectivity index (χ0n) is 12.1. The van der Waals surface area contributed by atoms with Crippen molar-refractivity contribution in [3.8, 4) is 0 Å². The normalized spacial score (nSPS) is 16.1. The SMILES string of the molecule is CCOC(=O)N1CCC(NC(=O)/C=C/c2ccco2)CC1. The van der Waals surface area contributed by atoms with Crippen molar-refractivity contribution in [2.24, 2.45) is 0 Å². The standard InChI is InChI=1S/C15H20N2O4/c1-2-20-15(19)17-9-7-12(8-10-17)16-14(18)6-5-13-4-3-11-21-13/h3-6,11-12H,2,7-10H2,1H3,(H,16,18)/b6-5+. The Morgan fingerprint density at radius 2 is 2.24 bits per heavy atom. The van der Waals surface area contributed by atoms with Crippen LogP contribution in [0.25, 0.3) is 6.08 Å². The Bertz CT molecular complexity index is 488. The molecule has 21 heavy (non-hydrogen) atoms. The summed E-state index contributed by atoms with van der Waals surface area (Å²) in [7, 11) is 0. The highest BCUT2D eigenvalue weighted by Gasteiger charge is 2.23. The van der Waals surface area contributed by atoms with Crippen LogP contribution >= 0.6 is 0 Å². The van der Waals surface area contributed by atoms with Crippen LogP contribution in [0.2, 0.25) is 0 Å². The summed E-state index contributed by atoms with van der Waals surface area (Å²) in [6.45, 7) is 3.38. The fourth-order valence-corrected chi connectivity index (χ4v) is 2.21. The van der Waals surface area contributed by atoms with Crippen LogP contribution in [0.1, 0.15) is 25.5 Å². The summed E-state index contributed by atoms with van der Waals surface area (Å²) in [6, 6.07) is 3.63. The van der Waals surface area contributed by atoms with Crippen LogP contribution in [0.5, 0.6) is 0 Å². The first kappa shape index (κ1) is 15.2. The minimum absolute atomic E-state index is 0.0874. The molecule has 114 valence electrons. The van der Waals surface area contributed by atoms with E-state index in [0.29, 0.717) is 25.5 Å². The lowest BCUT2D eigenvalue weighted by Gasteiger charge is -2.31. The molecule has 6 nitrogen and oxygen atoms in total. The van der Waals surface area contributed by atoms with Gasteiger partial charge in [-0.3, -0.25) is 4.79 Å². The predicted molar refractivity (Wildman–Crippen MR) is 77.5 cm³/mol. The molecule has 0 aromatic carbocycles. The Morgan fingerprint density at radius 1 is 1.48 bits per heavy atom. The maximum Gasteiger partial charge on any atom is 0.409 e. The highest BCUT2D eigenvalue weighted by atomic mass is 16.6. The van der Waals surface area contributed by atoms with E-state index in [9.17, 15) is 9.59 Å². The molecule has 0 bridgehead atoms. The molecule has 1 saturated heterocycles. The van der Waals surface area contributed by atoms with Gasteiger partial charge in [0, 0.05) is 25.2 Å². The number of hydrogen-bond donors (Lipinski definition) is 1. The number of hydrogen-bond acceptors (Lipinski definition) is 4. The highest BCUT2D eigenvalue weighted by Crippen LogP contribution is 2.11. The van der Waals surface area contributed by atoms with E-state index in [-0.39, 0.29) is 18.0 Å². The van der Waals surface area contributed by atoms with E-state index in [4.69, 9.17) is 9.15 Å². The molecule has 0 spiro atoms. The number of amides is 2. The average molecular weight is 292 g/mol. The summed E-state index contributed by atoms with van der Waals surface area (Å²) < 4.78 is 10.1. The molecule has 0 radical (unpaired) electrons. The monoisotopic (exact) mass is 292 g/mol. The second-order valence-electron chi connectivity index (χ2n) is 4.82. The fourth-order valence-electron chi connectivity index (χ4n) is 2.21. The first-order valence-corrected chi connectivity index (χ1v) is 7.13. The number of nitrogens with one attached hydrogen (secondary N) is 1. The van der Waals surface area contributed by atoms with Crippen molar-refractivity contribution in [2.75, 3.05) is 19.7 Å². The zero-order valence-corrected chi connectivity index (χ0v) is 12.1. The van der Waals surface area contributed by atoms with Crippen molar-refractivity contribution >= 4 is 18.1 Å². The van der Waals surface area contributed by atoms with E-state index >= 15 is 0 Å². The van der Waals surface area contributed by atoms with Crippen molar-refractivity contribution < 1.29 is 18.7 Å². The largest absolute Gasteiger partial charge is 0.465 e. The highest BCUT2D eigenvalue weighted by molar-refractivity contribution is 5.91. The molecule has 2 heterocycles. The molecule has 0 aliphatic carbocycles. The summed E-state index contributed by atoms with van der Waals surface area (Å²) in [5.41, 5.74) is 0. The van der Waals surface area contributed by atoms with Gasteiger partial charge in [-0.2, -0.15) is 0 Å². The quantitative estimate of drug-likeness (QED) is 0.862. The Hall–Kier alpha value is -2.24. The first-order chi connectivity index (χ1) is 10.2. The molecule has 1 aromatic heterocycles. The Kier molecular flexibility index (Phi) is 5.43. The molecule has 1 aromatic rings. The van der Waals surface area contributed by atoms with Gasteiger partial charge in [-0.25, -0.2) is 4.79 Å². The second kappa shape index (κ2) is 7.52. The van der Waals surface area contributed by atoms with Gasteiger partial charge < -0.3 is 19.4 Å². The molecule has 0 saturated carbocycles. The van der Waals surface area contributed by atoms with Crippen LogP contribution in [0, 0.1) is 0 Å². The average Bonchev–Trinajstić information content (AvgIpc) is 2.99. The Labute approximate surface area is 123 Å². The van der Waals surface area contributed by atoms with Gasteiger partial charge in [0.1, 0.15) is 5.76 Å². The molecule has 1 N–H and O–H groups in total. The predicted octanol–water partition coefficient (Wildman–Crippen LogP) is 2.03. The Balaban J connectivity index is 1.73. The number of piperidine rings is 1. The van der Waals surface area contributed by atoms with E-state index in [0.717, 1.165) is 12.8 Å². The van der Waals surface area contributed by atoms with Gasteiger partial charge in [-0.15, -0.1) is 0 Å². The van der Waals surface area contributed by atoms with Crippen LogP contribution in [0.15, 0.2) is 28.9 Å². The summed E-state index contributed by atoms with van der Waals surface area (Å²) in [5.74, 6) is 0.489. The number of rotatable bonds is 4. The third-order valence-corrected chi connectivity index (χ3v) is 3.31. The minimum atomic E-state index is -0.278. The van der Waals surface area contributed by atoms with Crippen molar-refractivity contribution in [1.82, 2.24) is 10.2 Å². The van der Waals surface area contributed by atoms with E-state index < -0.39 is 0 Å². The third-order valence-electron chi connectivity index (χ3n) is 3.31.